The van der Waals surface area contributed by atoms with E-state index in [1.54, 1.807) is 6.92 Å². The zero-order valence-electron chi connectivity index (χ0n) is 10.5. The number of carbonyl (C=O) groups is 4. The predicted octanol–water partition coefficient (Wildman–Crippen LogP) is -0.514. The van der Waals surface area contributed by atoms with Gasteiger partial charge < -0.3 is 9.47 Å². The average molecular weight is 257 g/mol. The van der Waals surface area contributed by atoms with E-state index in [4.69, 9.17) is 4.74 Å². The quantitative estimate of drug-likeness (QED) is 0.497. The van der Waals surface area contributed by atoms with Crippen molar-refractivity contribution in [2.75, 3.05) is 13.7 Å². The molecule has 0 bridgehead atoms. The number of methoxy groups -OCH3 is 1. The van der Waals surface area contributed by atoms with E-state index in [2.05, 4.69) is 4.74 Å². The highest BCUT2D eigenvalue weighted by Gasteiger charge is 2.54. The second kappa shape index (κ2) is 5.61. The molecule has 1 rings (SSSR count). The van der Waals surface area contributed by atoms with Gasteiger partial charge >= 0.3 is 11.9 Å². The Bertz CT molecular complexity index is 391. The van der Waals surface area contributed by atoms with Gasteiger partial charge in [-0.15, -0.1) is 0 Å². The van der Waals surface area contributed by atoms with Crippen molar-refractivity contribution in [3.05, 3.63) is 0 Å². The minimum atomic E-state index is -1.02. The molecule has 18 heavy (non-hydrogen) atoms. The van der Waals surface area contributed by atoms with E-state index in [1.165, 1.54) is 6.92 Å². The van der Waals surface area contributed by atoms with Crippen molar-refractivity contribution in [3.8, 4) is 0 Å². The molecule has 0 spiro atoms. The van der Waals surface area contributed by atoms with Gasteiger partial charge in [-0.3, -0.25) is 19.3 Å². The molecule has 1 aliphatic rings. The summed E-state index contributed by atoms with van der Waals surface area (Å²) in [5.41, 5.74) is 0. The van der Waals surface area contributed by atoms with Gasteiger partial charge in [0.1, 0.15) is 6.04 Å². The predicted molar refractivity (Wildman–Crippen MR) is 58.1 cm³/mol. The summed E-state index contributed by atoms with van der Waals surface area (Å²) in [6, 6.07) is -1.02. The van der Waals surface area contributed by atoms with Gasteiger partial charge in [-0.2, -0.15) is 0 Å². The molecule has 0 unspecified atom stereocenters. The highest BCUT2D eigenvalue weighted by molar-refractivity contribution is 6.08. The summed E-state index contributed by atoms with van der Waals surface area (Å²) in [6.45, 7) is 3.01. The SMILES string of the molecule is CCOC(=O)C[C@H]1C(=O)N(C(C)=O)[C@H]1C(=O)OC. The minimum absolute atomic E-state index is 0.194. The van der Waals surface area contributed by atoms with Gasteiger partial charge in [0.25, 0.3) is 0 Å². The minimum Gasteiger partial charge on any atom is -0.467 e. The van der Waals surface area contributed by atoms with Crippen LogP contribution in [0.2, 0.25) is 0 Å². The van der Waals surface area contributed by atoms with E-state index in [9.17, 15) is 19.2 Å². The largest absolute Gasteiger partial charge is 0.467 e. The summed E-state index contributed by atoms with van der Waals surface area (Å²) in [6.07, 6.45) is -0.226. The van der Waals surface area contributed by atoms with Gasteiger partial charge in [-0.25, -0.2) is 4.79 Å². The highest BCUT2D eigenvalue weighted by Crippen LogP contribution is 2.30. The number of imide groups is 1. The van der Waals surface area contributed by atoms with E-state index in [-0.39, 0.29) is 13.0 Å². The highest BCUT2D eigenvalue weighted by atomic mass is 16.5. The van der Waals surface area contributed by atoms with Gasteiger partial charge in [-0.1, -0.05) is 0 Å². The van der Waals surface area contributed by atoms with Crippen LogP contribution >= 0.6 is 0 Å². The number of rotatable bonds is 4. The zero-order chi connectivity index (χ0) is 13.9. The van der Waals surface area contributed by atoms with Crippen LogP contribution in [-0.2, 0) is 28.7 Å². The second-order valence-corrected chi connectivity index (χ2v) is 3.81. The molecule has 0 aromatic rings. The topological polar surface area (TPSA) is 90.0 Å². The summed E-state index contributed by atoms with van der Waals surface area (Å²) in [7, 11) is 1.16. The Morgan fingerprint density at radius 1 is 1.33 bits per heavy atom. The molecule has 1 fully saturated rings. The van der Waals surface area contributed by atoms with Gasteiger partial charge in [0, 0.05) is 6.92 Å². The van der Waals surface area contributed by atoms with Crippen molar-refractivity contribution in [2.24, 2.45) is 5.92 Å². The Morgan fingerprint density at radius 2 is 1.94 bits per heavy atom. The third-order valence-corrected chi connectivity index (χ3v) is 2.69. The van der Waals surface area contributed by atoms with E-state index in [0.29, 0.717) is 0 Å². The fourth-order valence-electron chi connectivity index (χ4n) is 1.89. The average Bonchev–Trinajstić information content (AvgIpc) is 2.31. The van der Waals surface area contributed by atoms with Gasteiger partial charge in [0.2, 0.25) is 11.8 Å². The number of hydrogen-bond acceptors (Lipinski definition) is 6. The molecular weight excluding hydrogens is 242 g/mol. The van der Waals surface area contributed by atoms with Crippen molar-refractivity contribution in [1.29, 1.82) is 0 Å². The molecule has 2 atom stereocenters. The molecule has 0 aromatic heterocycles. The van der Waals surface area contributed by atoms with Crippen molar-refractivity contribution < 1.29 is 28.7 Å². The molecule has 0 aliphatic carbocycles. The number of amides is 2. The third kappa shape index (κ3) is 2.49. The summed E-state index contributed by atoms with van der Waals surface area (Å²) in [4.78, 5) is 46.4. The zero-order valence-corrected chi connectivity index (χ0v) is 10.5. The normalized spacial score (nSPS) is 22.2. The number of ether oxygens (including phenoxy) is 2. The molecule has 2 amide bonds. The first-order valence-corrected chi connectivity index (χ1v) is 5.51. The first-order chi connectivity index (χ1) is 8.43. The van der Waals surface area contributed by atoms with Crippen LogP contribution in [0.4, 0.5) is 0 Å². The lowest BCUT2D eigenvalue weighted by Gasteiger charge is -2.42. The Labute approximate surface area is 104 Å². The molecule has 0 N–H and O–H groups in total. The smallest absolute Gasteiger partial charge is 0.329 e. The fourth-order valence-corrected chi connectivity index (χ4v) is 1.89. The van der Waals surface area contributed by atoms with Crippen LogP contribution in [0, 0.1) is 5.92 Å². The van der Waals surface area contributed by atoms with Crippen LogP contribution in [0.25, 0.3) is 0 Å². The molecule has 7 heteroatoms. The van der Waals surface area contributed by atoms with E-state index < -0.39 is 35.7 Å². The number of hydrogen-bond donors (Lipinski definition) is 0. The first kappa shape index (κ1) is 14.1. The maximum Gasteiger partial charge on any atom is 0.329 e. The Balaban J connectivity index is 2.78. The van der Waals surface area contributed by atoms with Crippen molar-refractivity contribution in [2.45, 2.75) is 26.3 Å². The van der Waals surface area contributed by atoms with Crippen molar-refractivity contribution in [1.82, 2.24) is 4.90 Å². The van der Waals surface area contributed by atoms with E-state index >= 15 is 0 Å². The maximum absolute atomic E-state index is 11.7. The van der Waals surface area contributed by atoms with Crippen LogP contribution in [0.15, 0.2) is 0 Å². The van der Waals surface area contributed by atoms with Crippen molar-refractivity contribution in [3.63, 3.8) is 0 Å². The summed E-state index contributed by atoms with van der Waals surface area (Å²) in [5.74, 6) is -3.26. The van der Waals surface area contributed by atoms with Crippen LogP contribution in [0.5, 0.6) is 0 Å². The number of likely N-dealkylation sites (tertiary alicyclic amines) is 1. The number of carbonyl (C=O) groups excluding carboxylic acids is 4. The molecular formula is C11H15NO6. The van der Waals surface area contributed by atoms with Crippen LogP contribution in [-0.4, -0.2) is 48.4 Å². The standard InChI is InChI=1S/C11H15NO6/c1-4-18-8(14)5-7-9(11(16)17-3)12(6(2)13)10(7)15/h7,9H,4-5H2,1-3H3/t7-,9-/m1/s1. The summed E-state index contributed by atoms with van der Waals surface area (Å²) >= 11 is 0. The van der Waals surface area contributed by atoms with E-state index in [1.807, 2.05) is 0 Å². The number of nitrogens with zero attached hydrogens (tertiary/aromatic N) is 1. The molecule has 1 heterocycles. The Hall–Kier alpha value is -1.92. The van der Waals surface area contributed by atoms with Crippen LogP contribution < -0.4 is 0 Å². The number of esters is 2. The molecule has 1 saturated heterocycles. The van der Waals surface area contributed by atoms with Crippen LogP contribution in [0.3, 0.4) is 0 Å². The molecule has 0 radical (unpaired) electrons. The van der Waals surface area contributed by atoms with Crippen molar-refractivity contribution >= 4 is 23.8 Å². The molecule has 1 aliphatic heterocycles. The summed E-state index contributed by atoms with van der Waals surface area (Å²) < 4.78 is 9.22. The monoisotopic (exact) mass is 257 g/mol. The molecule has 0 saturated carbocycles. The summed E-state index contributed by atoms with van der Waals surface area (Å²) in [5, 5.41) is 0. The third-order valence-electron chi connectivity index (χ3n) is 2.69. The lowest BCUT2D eigenvalue weighted by molar-refractivity contribution is -0.180. The molecule has 7 nitrogen and oxygen atoms in total. The lowest BCUT2D eigenvalue weighted by atomic mass is 9.84. The maximum atomic E-state index is 11.7. The first-order valence-electron chi connectivity index (χ1n) is 5.51. The molecule has 100 valence electrons. The van der Waals surface area contributed by atoms with Gasteiger partial charge in [0.05, 0.1) is 26.1 Å². The van der Waals surface area contributed by atoms with E-state index in [0.717, 1.165) is 12.0 Å². The van der Waals surface area contributed by atoms with Gasteiger partial charge in [-0.05, 0) is 6.92 Å². The fraction of sp³-hybridized carbons (Fsp3) is 0.636. The van der Waals surface area contributed by atoms with Crippen LogP contribution in [0.1, 0.15) is 20.3 Å². The van der Waals surface area contributed by atoms with Gasteiger partial charge in [0.15, 0.2) is 0 Å². The Morgan fingerprint density at radius 3 is 2.39 bits per heavy atom. The number of β-lactam (4-membered cyclic amide) rings is 1. The lowest BCUT2D eigenvalue weighted by Crippen LogP contribution is -2.66. The molecule has 0 aromatic carbocycles. The Kier molecular flexibility index (Phi) is 4.41. The second-order valence-electron chi connectivity index (χ2n) is 3.81.